The summed E-state index contributed by atoms with van der Waals surface area (Å²) in [7, 11) is 1.59. The molecule has 0 saturated carbocycles. The van der Waals surface area contributed by atoms with Gasteiger partial charge in [-0.1, -0.05) is 36.5 Å². The van der Waals surface area contributed by atoms with Gasteiger partial charge in [0.1, 0.15) is 5.75 Å². The van der Waals surface area contributed by atoms with Gasteiger partial charge in [0.05, 0.1) is 48.8 Å². The Hall–Kier alpha value is -3.85. The predicted molar refractivity (Wildman–Crippen MR) is 147 cm³/mol. The van der Waals surface area contributed by atoms with Crippen LogP contribution in [0.3, 0.4) is 0 Å². The Morgan fingerprint density at radius 2 is 1.82 bits per heavy atom. The molecule has 0 amide bonds. The van der Waals surface area contributed by atoms with Gasteiger partial charge in [-0.3, -0.25) is 9.36 Å². The molecule has 4 rings (SSSR count). The molecular formula is C29H32N2O6S. The molecule has 200 valence electrons. The van der Waals surface area contributed by atoms with E-state index in [9.17, 15) is 9.59 Å². The van der Waals surface area contributed by atoms with Gasteiger partial charge in [-0.2, -0.15) is 0 Å². The van der Waals surface area contributed by atoms with E-state index in [1.54, 1.807) is 31.6 Å². The maximum atomic E-state index is 13.8. The second kappa shape index (κ2) is 12.1. The topological polar surface area (TPSA) is 88.4 Å². The Morgan fingerprint density at radius 1 is 1.05 bits per heavy atom. The number of aromatic nitrogens is 1. The van der Waals surface area contributed by atoms with Gasteiger partial charge in [-0.25, -0.2) is 9.79 Å². The Balaban J connectivity index is 1.85. The standard InChI is InChI=1S/C29H32N2O6S/c1-6-15-37-22-14-9-19(16-23(22)34-5)17-24-27(32)31-26(20-10-12-21(13-11-20)35-7-2)25(28(33)36-8-3)18(4)30-29(31)38-24/h9-14,16-17,26H,6-8,15H2,1-5H3/b24-17+/t26-/m0/s1. The van der Waals surface area contributed by atoms with Crippen LogP contribution in [0.1, 0.15) is 51.3 Å². The summed E-state index contributed by atoms with van der Waals surface area (Å²) < 4.78 is 24.3. The van der Waals surface area contributed by atoms with Crippen molar-refractivity contribution in [1.29, 1.82) is 0 Å². The molecule has 3 aromatic rings. The van der Waals surface area contributed by atoms with Crippen LogP contribution in [0.4, 0.5) is 0 Å². The highest BCUT2D eigenvalue weighted by Gasteiger charge is 2.33. The molecule has 0 saturated heterocycles. The van der Waals surface area contributed by atoms with Gasteiger partial charge in [0.15, 0.2) is 16.3 Å². The Morgan fingerprint density at radius 3 is 2.47 bits per heavy atom. The first-order valence-electron chi connectivity index (χ1n) is 12.6. The fourth-order valence-electron chi connectivity index (χ4n) is 4.28. The molecule has 0 N–H and O–H groups in total. The lowest BCUT2D eigenvalue weighted by Crippen LogP contribution is -2.39. The minimum Gasteiger partial charge on any atom is -0.494 e. The highest BCUT2D eigenvalue weighted by Crippen LogP contribution is 2.32. The number of methoxy groups -OCH3 is 1. The molecule has 1 aliphatic heterocycles. The SMILES string of the molecule is CCCOc1ccc(/C=c2/sc3n(c2=O)[C@@H](c2ccc(OCC)cc2)C(C(=O)OCC)=C(C)N=3)cc1OC. The summed E-state index contributed by atoms with van der Waals surface area (Å²) in [6.45, 7) is 8.82. The molecule has 0 spiro atoms. The zero-order valence-electron chi connectivity index (χ0n) is 22.3. The van der Waals surface area contributed by atoms with Crippen molar-refractivity contribution in [2.75, 3.05) is 26.9 Å². The number of carbonyl (C=O) groups is 1. The lowest BCUT2D eigenvalue weighted by Gasteiger charge is -2.24. The fraction of sp³-hybridized carbons (Fsp3) is 0.345. The average Bonchev–Trinajstić information content (AvgIpc) is 3.21. The fourth-order valence-corrected chi connectivity index (χ4v) is 5.32. The van der Waals surface area contributed by atoms with Crippen molar-refractivity contribution < 1.29 is 23.7 Å². The van der Waals surface area contributed by atoms with Crippen molar-refractivity contribution in [3.05, 3.63) is 84.5 Å². The van der Waals surface area contributed by atoms with Crippen molar-refractivity contribution in [3.63, 3.8) is 0 Å². The number of esters is 1. The number of hydrogen-bond acceptors (Lipinski definition) is 8. The van der Waals surface area contributed by atoms with E-state index in [-0.39, 0.29) is 12.2 Å². The molecule has 1 aromatic heterocycles. The van der Waals surface area contributed by atoms with Gasteiger partial charge in [0.25, 0.3) is 5.56 Å². The molecule has 1 atom stereocenters. The number of rotatable bonds is 10. The number of nitrogens with zero attached hydrogens (tertiary/aromatic N) is 2. The maximum absolute atomic E-state index is 13.8. The second-order valence-electron chi connectivity index (χ2n) is 8.56. The molecule has 9 heteroatoms. The van der Waals surface area contributed by atoms with Crippen LogP contribution in [-0.4, -0.2) is 37.5 Å². The minimum absolute atomic E-state index is 0.218. The normalized spacial score (nSPS) is 15.1. The Kier molecular flexibility index (Phi) is 8.68. The lowest BCUT2D eigenvalue weighted by atomic mass is 9.96. The van der Waals surface area contributed by atoms with Crippen LogP contribution < -0.4 is 29.1 Å². The van der Waals surface area contributed by atoms with Crippen LogP contribution in [0, 0.1) is 0 Å². The third-order valence-corrected chi connectivity index (χ3v) is 6.95. The minimum atomic E-state index is -0.678. The summed E-state index contributed by atoms with van der Waals surface area (Å²) >= 11 is 1.27. The summed E-state index contributed by atoms with van der Waals surface area (Å²) in [5.74, 6) is 1.46. The van der Waals surface area contributed by atoms with Gasteiger partial charge < -0.3 is 18.9 Å². The van der Waals surface area contributed by atoms with Crippen molar-refractivity contribution in [2.24, 2.45) is 4.99 Å². The van der Waals surface area contributed by atoms with E-state index in [4.69, 9.17) is 18.9 Å². The molecule has 38 heavy (non-hydrogen) atoms. The van der Waals surface area contributed by atoms with Gasteiger partial charge in [-0.05, 0) is 68.7 Å². The van der Waals surface area contributed by atoms with E-state index >= 15 is 0 Å². The zero-order valence-corrected chi connectivity index (χ0v) is 23.1. The molecule has 0 bridgehead atoms. The molecule has 1 aliphatic rings. The van der Waals surface area contributed by atoms with Crippen LogP contribution in [-0.2, 0) is 9.53 Å². The molecule has 0 radical (unpaired) electrons. The van der Waals surface area contributed by atoms with Crippen LogP contribution >= 0.6 is 11.3 Å². The van der Waals surface area contributed by atoms with Crippen molar-refractivity contribution in [1.82, 2.24) is 4.57 Å². The highest BCUT2D eigenvalue weighted by molar-refractivity contribution is 7.07. The zero-order chi connectivity index (χ0) is 27.2. The average molecular weight is 537 g/mol. The first-order valence-corrected chi connectivity index (χ1v) is 13.5. The number of hydrogen-bond donors (Lipinski definition) is 0. The molecule has 0 aliphatic carbocycles. The second-order valence-corrected chi connectivity index (χ2v) is 9.57. The largest absolute Gasteiger partial charge is 0.494 e. The van der Waals surface area contributed by atoms with Gasteiger partial charge in [0.2, 0.25) is 0 Å². The summed E-state index contributed by atoms with van der Waals surface area (Å²) in [5, 5.41) is 0. The van der Waals surface area contributed by atoms with Crippen molar-refractivity contribution >= 4 is 23.4 Å². The van der Waals surface area contributed by atoms with Crippen LogP contribution in [0.25, 0.3) is 6.08 Å². The smallest absolute Gasteiger partial charge is 0.338 e. The van der Waals surface area contributed by atoms with E-state index in [0.717, 1.165) is 17.5 Å². The lowest BCUT2D eigenvalue weighted by molar-refractivity contribution is -0.139. The highest BCUT2D eigenvalue weighted by atomic mass is 32.1. The van der Waals surface area contributed by atoms with Crippen LogP contribution in [0.2, 0.25) is 0 Å². The number of allylic oxidation sites excluding steroid dienone is 1. The van der Waals surface area contributed by atoms with E-state index in [0.29, 0.717) is 51.1 Å². The summed E-state index contributed by atoms with van der Waals surface area (Å²) in [6.07, 6.45) is 2.68. The number of carbonyl (C=O) groups excluding carboxylic acids is 1. The summed E-state index contributed by atoms with van der Waals surface area (Å²) in [5.41, 5.74) is 2.17. The van der Waals surface area contributed by atoms with Crippen molar-refractivity contribution in [2.45, 2.75) is 40.2 Å². The van der Waals surface area contributed by atoms with Crippen LogP contribution in [0.15, 0.2) is 63.5 Å². The predicted octanol–water partition coefficient (Wildman–Crippen LogP) is 3.99. The summed E-state index contributed by atoms with van der Waals surface area (Å²) in [4.78, 5) is 32.0. The van der Waals surface area contributed by atoms with Gasteiger partial charge in [0, 0.05) is 0 Å². The molecule has 0 fully saturated rings. The van der Waals surface area contributed by atoms with E-state index in [2.05, 4.69) is 4.99 Å². The van der Waals surface area contributed by atoms with Gasteiger partial charge >= 0.3 is 5.97 Å². The molecule has 2 heterocycles. The van der Waals surface area contributed by atoms with E-state index in [1.807, 2.05) is 56.3 Å². The number of thiazole rings is 1. The van der Waals surface area contributed by atoms with Crippen molar-refractivity contribution in [3.8, 4) is 17.2 Å². The number of ether oxygens (including phenoxy) is 4. The molecule has 8 nitrogen and oxygen atoms in total. The molecular weight excluding hydrogens is 504 g/mol. The first-order chi connectivity index (χ1) is 18.4. The van der Waals surface area contributed by atoms with Gasteiger partial charge in [-0.15, -0.1) is 0 Å². The summed E-state index contributed by atoms with van der Waals surface area (Å²) in [6, 6.07) is 12.3. The third kappa shape index (κ3) is 5.52. The quantitative estimate of drug-likeness (QED) is 0.364. The van der Waals surface area contributed by atoms with E-state index < -0.39 is 12.0 Å². The van der Waals surface area contributed by atoms with Crippen LogP contribution in [0.5, 0.6) is 17.2 Å². The number of benzene rings is 2. The number of fused-ring (bicyclic) bond motifs is 1. The third-order valence-electron chi connectivity index (χ3n) is 5.97. The monoisotopic (exact) mass is 536 g/mol. The Labute approximate surface area is 225 Å². The molecule has 0 unspecified atom stereocenters. The maximum Gasteiger partial charge on any atom is 0.338 e. The molecule has 2 aromatic carbocycles. The Bertz CT molecular complexity index is 1520. The first kappa shape index (κ1) is 27.2. The van der Waals surface area contributed by atoms with E-state index in [1.165, 1.54) is 11.3 Å².